The molecule has 2 amide bonds. The molecule has 0 radical (unpaired) electrons. The molecule has 1 fully saturated rings. The summed E-state index contributed by atoms with van der Waals surface area (Å²) in [6.45, 7) is 0. The summed E-state index contributed by atoms with van der Waals surface area (Å²) in [6.07, 6.45) is 1.02. The van der Waals surface area contributed by atoms with Gasteiger partial charge in [-0.1, -0.05) is 24.0 Å². The smallest absolute Gasteiger partial charge is 0.327 e. The molecule has 0 spiro atoms. The van der Waals surface area contributed by atoms with Crippen LogP contribution in [0.5, 0.6) is 11.5 Å². The third-order valence-corrected chi connectivity index (χ3v) is 4.87. The number of amides is 2. The Hall–Kier alpha value is -2.59. The Morgan fingerprint density at radius 2 is 2.08 bits per heavy atom. The first-order valence-corrected chi connectivity index (χ1v) is 8.51. The lowest BCUT2D eigenvalue weighted by Gasteiger charge is -2.21. The van der Waals surface area contributed by atoms with Gasteiger partial charge in [-0.15, -0.1) is 0 Å². The molecule has 10 heteroatoms. The third-order valence-electron chi connectivity index (χ3n) is 3.54. The number of thiocarbonyl (C=S) groups is 1. The first kappa shape index (κ1) is 19.7. The van der Waals surface area contributed by atoms with Gasteiger partial charge < -0.3 is 20.3 Å². The van der Waals surface area contributed by atoms with Crippen LogP contribution in [-0.4, -0.2) is 52.4 Å². The third kappa shape index (κ3) is 4.14. The highest BCUT2D eigenvalue weighted by Crippen LogP contribution is 2.36. The Morgan fingerprint density at radius 3 is 2.62 bits per heavy atom. The number of aliphatic carboxylic acids is 1. The average molecular weight is 396 g/mol. The van der Waals surface area contributed by atoms with E-state index in [2.05, 4.69) is 0 Å². The summed E-state index contributed by atoms with van der Waals surface area (Å²) in [6, 6.07) is 3.60. The zero-order chi connectivity index (χ0) is 19.4. The fourth-order valence-corrected chi connectivity index (χ4v) is 3.65. The molecule has 1 saturated heterocycles. The van der Waals surface area contributed by atoms with E-state index in [0.717, 1.165) is 16.7 Å². The lowest BCUT2D eigenvalue weighted by Crippen LogP contribution is -2.46. The Bertz CT molecular complexity index is 808. The largest absolute Gasteiger partial charge is 0.497 e. The molecule has 0 unspecified atom stereocenters. The number of rotatable bonds is 7. The maximum Gasteiger partial charge on any atom is 0.327 e. The number of carboxylic acid groups (broad SMARTS) is 1. The number of carbonyl (C=O) groups excluding carboxylic acids is 2. The second-order valence-corrected chi connectivity index (χ2v) is 6.86. The van der Waals surface area contributed by atoms with Gasteiger partial charge in [0, 0.05) is 11.6 Å². The van der Waals surface area contributed by atoms with E-state index in [-0.39, 0.29) is 9.23 Å². The number of carbonyl (C=O) groups is 3. The van der Waals surface area contributed by atoms with Crippen LogP contribution in [0, 0.1) is 0 Å². The molecule has 2 rings (SSSR count). The van der Waals surface area contributed by atoms with Gasteiger partial charge in [0.1, 0.15) is 21.9 Å². The number of ether oxygens (including phenoxy) is 2. The first-order valence-electron chi connectivity index (χ1n) is 7.28. The molecule has 1 aliphatic heterocycles. The lowest BCUT2D eigenvalue weighted by molar-refractivity contribution is -0.146. The Morgan fingerprint density at radius 1 is 1.38 bits per heavy atom. The maximum absolute atomic E-state index is 12.6. The van der Waals surface area contributed by atoms with Crippen molar-refractivity contribution in [2.24, 2.45) is 5.73 Å². The summed E-state index contributed by atoms with van der Waals surface area (Å²) < 4.78 is 10.4. The summed E-state index contributed by atoms with van der Waals surface area (Å²) >= 11 is 6.07. The molecule has 1 atom stereocenters. The number of nitrogens with zero attached hydrogens (tertiary/aromatic N) is 1. The quantitative estimate of drug-likeness (QED) is 0.522. The van der Waals surface area contributed by atoms with Crippen molar-refractivity contribution in [3.05, 3.63) is 28.7 Å². The van der Waals surface area contributed by atoms with Gasteiger partial charge in [0.25, 0.3) is 5.91 Å². The number of hydrogen-bond donors (Lipinski definition) is 2. The SMILES string of the molecule is COc1ccc(/C=C2\SC(=S)N([C@@H](CC(N)=O)C(=O)O)C2=O)c(OC)c1. The fraction of sp³-hybridized carbons (Fsp3) is 0.250. The molecule has 3 N–H and O–H groups in total. The average Bonchev–Trinajstić information content (AvgIpc) is 2.86. The monoisotopic (exact) mass is 396 g/mol. The van der Waals surface area contributed by atoms with Gasteiger partial charge in [0.05, 0.1) is 25.5 Å². The van der Waals surface area contributed by atoms with Gasteiger partial charge in [-0.2, -0.15) is 0 Å². The molecule has 26 heavy (non-hydrogen) atoms. The minimum Gasteiger partial charge on any atom is -0.497 e. The minimum absolute atomic E-state index is 0.0439. The van der Waals surface area contributed by atoms with E-state index in [1.54, 1.807) is 24.3 Å². The van der Waals surface area contributed by atoms with E-state index in [0.29, 0.717) is 17.1 Å². The molecule has 0 aliphatic carbocycles. The van der Waals surface area contributed by atoms with Crippen LogP contribution in [0.25, 0.3) is 6.08 Å². The van der Waals surface area contributed by atoms with Crippen molar-refractivity contribution >= 4 is 52.2 Å². The summed E-state index contributed by atoms with van der Waals surface area (Å²) in [5.41, 5.74) is 5.67. The first-order chi connectivity index (χ1) is 12.3. The fourth-order valence-electron chi connectivity index (χ4n) is 2.31. The molecular formula is C16H16N2O6S2. The number of carboxylic acids is 1. The van der Waals surface area contributed by atoms with E-state index in [9.17, 15) is 19.5 Å². The molecule has 0 bridgehead atoms. The Labute approximate surface area is 158 Å². The van der Waals surface area contributed by atoms with Crippen molar-refractivity contribution in [3.8, 4) is 11.5 Å². The lowest BCUT2D eigenvalue weighted by atomic mass is 10.1. The summed E-state index contributed by atoms with van der Waals surface area (Å²) in [7, 11) is 3.00. The van der Waals surface area contributed by atoms with E-state index in [4.69, 9.17) is 27.4 Å². The molecule has 0 saturated carbocycles. The second kappa shape index (κ2) is 8.19. The summed E-state index contributed by atoms with van der Waals surface area (Å²) in [5.74, 6) is -1.75. The molecule has 138 valence electrons. The van der Waals surface area contributed by atoms with Crippen molar-refractivity contribution < 1.29 is 29.0 Å². The van der Waals surface area contributed by atoms with Crippen LogP contribution in [0.3, 0.4) is 0 Å². The van der Waals surface area contributed by atoms with Crippen molar-refractivity contribution in [1.82, 2.24) is 4.90 Å². The molecular weight excluding hydrogens is 380 g/mol. The van der Waals surface area contributed by atoms with Crippen molar-refractivity contribution in [2.75, 3.05) is 14.2 Å². The number of nitrogens with two attached hydrogens (primary N) is 1. The zero-order valence-electron chi connectivity index (χ0n) is 13.9. The van der Waals surface area contributed by atoms with Crippen LogP contribution < -0.4 is 15.2 Å². The summed E-state index contributed by atoms with van der Waals surface area (Å²) in [5, 5.41) is 9.31. The predicted molar refractivity (Wildman–Crippen MR) is 99.8 cm³/mol. The molecule has 1 aromatic carbocycles. The van der Waals surface area contributed by atoms with Crippen molar-refractivity contribution in [1.29, 1.82) is 0 Å². The van der Waals surface area contributed by atoms with Crippen LogP contribution in [0.15, 0.2) is 23.1 Å². The highest BCUT2D eigenvalue weighted by molar-refractivity contribution is 8.26. The Kier molecular flexibility index (Phi) is 6.22. The predicted octanol–water partition coefficient (Wildman–Crippen LogP) is 1.23. The van der Waals surface area contributed by atoms with E-state index < -0.39 is 30.2 Å². The van der Waals surface area contributed by atoms with Crippen LogP contribution in [-0.2, 0) is 14.4 Å². The molecule has 1 aromatic rings. The standard InChI is InChI=1S/C16H16N2O6S2/c1-23-9-4-3-8(11(6-9)24-2)5-12-14(20)18(16(25)26-12)10(15(21)22)7-13(17)19/h3-6,10H,7H2,1-2H3,(H2,17,19)(H,21,22)/b12-5-/t10-/m0/s1. The molecule has 1 aliphatic rings. The van der Waals surface area contributed by atoms with Gasteiger partial charge in [-0.05, 0) is 18.2 Å². The highest BCUT2D eigenvalue weighted by atomic mass is 32.2. The highest BCUT2D eigenvalue weighted by Gasteiger charge is 2.41. The number of hydrogen-bond acceptors (Lipinski definition) is 7. The van der Waals surface area contributed by atoms with Gasteiger partial charge in [-0.3, -0.25) is 14.5 Å². The van der Waals surface area contributed by atoms with Gasteiger partial charge >= 0.3 is 5.97 Å². The van der Waals surface area contributed by atoms with E-state index in [1.807, 2.05) is 0 Å². The maximum atomic E-state index is 12.6. The van der Waals surface area contributed by atoms with E-state index in [1.165, 1.54) is 14.2 Å². The topological polar surface area (TPSA) is 119 Å². The second-order valence-electron chi connectivity index (χ2n) is 5.18. The number of primary amides is 1. The van der Waals surface area contributed by atoms with Crippen LogP contribution >= 0.6 is 24.0 Å². The van der Waals surface area contributed by atoms with Gasteiger partial charge in [0.15, 0.2) is 0 Å². The van der Waals surface area contributed by atoms with Gasteiger partial charge in [-0.25, -0.2) is 4.79 Å². The van der Waals surface area contributed by atoms with Crippen molar-refractivity contribution in [3.63, 3.8) is 0 Å². The minimum atomic E-state index is -1.44. The number of methoxy groups -OCH3 is 2. The van der Waals surface area contributed by atoms with Crippen LogP contribution in [0.4, 0.5) is 0 Å². The normalized spacial score (nSPS) is 16.7. The van der Waals surface area contributed by atoms with Gasteiger partial charge in [0.2, 0.25) is 5.91 Å². The van der Waals surface area contributed by atoms with Crippen LogP contribution in [0.1, 0.15) is 12.0 Å². The number of benzene rings is 1. The zero-order valence-corrected chi connectivity index (χ0v) is 15.6. The van der Waals surface area contributed by atoms with E-state index >= 15 is 0 Å². The van der Waals surface area contributed by atoms with Crippen molar-refractivity contribution in [2.45, 2.75) is 12.5 Å². The molecule has 8 nitrogen and oxygen atoms in total. The molecule has 1 heterocycles. The van der Waals surface area contributed by atoms with Crippen LogP contribution in [0.2, 0.25) is 0 Å². The Balaban J connectivity index is 2.37. The number of thioether (sulfide) groups is 1. The summed E-state index contributed by atoms with van der Waals surface area (Å²) in [4.78, 5) is 36.3. The molecule has 0 aromatic heterocycles.